The Hall–Kier alpha value is -1.30. The summed E-state index contributed by atoms with van der Waals surface area (Å²) in [7, 11) is 0. The van der Waals surface area contributed by atoms with E-state index in [2.05, 4.69) is 58.6 Å². The molecule has 20 heavy (non-hydrogen) atoms. The summed E-state index contributed by atoms with van der Waals surface area (Å²) in [6.07, 6.45) is 6.96. The molecular weight excluding hydrogens is 240 g/mol. The zero-order chi connectivity index (χ0) is 14.7. The van der Waals surface area contributed by atoms with Crippen molar-refractivity contribution in [3.8, 4) is 0 Å². The minimum atomic E-state index is 0.332. The summed E-state index contributed by atoms with van der Waals surface area (Å²) >= 11 is 0. The molecule has 0 atom stereocenters. The highest BCUT2D eigenvalue weighted by Gasteiger charge is 2.47. The first-order valence-electron chi connectivity index (χ1n) is 7.73. The second-order valence-electron chi connectivity index (χ2n) is 8.08. The molecule has 0 aromatic heterocycles. The van der Waals surface area contributed by atoms with E-state index < -0.39 is 0 Å². The highest BCUT2D eigenvalue weighted by Crippen LogP contribution is 2.58. The van der Waals surface area contributed by atoms with Gasteiger partial charge in [-0.1, -0.05) is 64.1 Å². The zero-order valence-electron chi connectivity index (χ0n) is 13.5. The first-order valence-corrected chi connectivity index (χ1v) is 7.73. The summed E-state index contributed by atoms with van der Waals surface area (Å²) in [6, 6.07) is 4.83. The van der Waals surface area contributed by atoms with Crippen molar-refractivity contribution in [3.63, 3.8) is 0 Å². The third-order valence-corrected chi connectivity index (χ3v) is 5.14. The predicted molar refractivity (Wildman–Crippen MR) is 88.3 cm³/mol. The number of benzene rings is 1. The van der Waals surface area contributed by atoms with Gasteiger partial charge >= 0.3 is 0 Å². The van der Waals surface area contributed by atoms with Crippen LogP contribution in [0, 0.1) is 0 Å². The Morgan fingerprint density at radius 2 is 1.60 bits per heavy atom. The van der Waals surface area contributed by atoms with Crippen LogP contribution in [0.25, 0.3) is 6.08 Å². The first kappa shape index (κ1) is 13.7. The molecule has 1 aromatic rings. The Bertz CT molecular complexity index is 572. The molecule has 0 unspecified atom stereocenters. The molecule has 0 fully saturated rings. The van der Waals surface area contributed by atoms with Crippen LogP contribution in [0.4, 0.5) is 0 Å². The van der Waals surface area contributed by atoms with Crippen molar-refractivity contribution in [2.24, 2.45) is 0 Å². The Morgan fingerprint density at radius 3 is 2.05 bits per heavy atom. The molecule has 0 aliphatic heterocycles. The zero-order valence-corrected chi connectivity index (χ0v) is 13.5. The van der Waals surface area contributed by atoms with E-state index in [1.165, 1.54) is 18.4 Å². The van der Waals surface area contributed by atoms with Crippen LogP contribution in [0.3, 0.4) is 0 Å². The van der Waals surface area contributed by atoms with Crippen molar-refractivity contribution in [3.05, 3.63) is 52.6 Å². The van der Waals surface area contributed by atoms with Gasteiger partial charge in [0, 0.05) is 0 Å². The minimum Gasteiger partial charge on any atom is -0.0961 e. The monoisotopic (exact) mass is 266 g/mol. The van der Waals surface area contributed by atoms with Gasteiger partial charge < -0.3 is 0 Å². The van der Waals surface area contributed by atoms with Crippen LogP contribution in [-0.4, -0.2) is 0 Å². The van der Waals surface area contributed by atoms with Gasteiger partial charge in [-0.15, -0.1) is 0 Å². The summed E-state index contributed by atoms with van der Waals surface area (Å²) < 4.78 is 0. The molecular formula is C20H26. The van der Waals surface area contributed by atoms with Gasteiger partial charge in [-0.2, -0.15) is 0 Å². The Balaban J connectivity index is 2.19. The SMILES string of the molecule is C=C(C)/C=C/c1cc2c3c(c1)C(C)(C)CC3CC2(C)C. The fourth-order valence-corrected chi connectivity index (χ4v) is 4.30. The summed E-state index contributed by atoms with van der Waals surface area (Å²) in [5.41, 5.74) is 7.96. The average Bonchev–Trinajstić information content (AvgIpc) is 2.70. The van der Waals surface area contributed by atoms with Crippen molar-refractivity contribution in [1.29, 1.82) is 0 Å². The molecule has 2 aliphatic rings. The number of rotatable bonds is 2. The lowest BCUT2D eigenvalue weighted by molar-refractivity contribution is 0.409. The van der Waals surface area contributed by atoms with Gasteiger partial charge in [-0.3, -0.25) is 0 Å². The molecule has 0 nitrogen and oxygen atoms in total. The van der Waals surface area contributed by atoms with Crippen molar-refractivity contribution >= 4 is 6.08 Å². The molecule has 0 radical (unpaired) electrons. The maximum absolute atomic E-state index is 3.96. The Labute approximate surface area is 123 Å². The fraction of sp³-hybridized carbons (Fsp3) is 0.500. The van der Waals surface area contributed by atoms with Gasteiger partial charge in [0.2, 0.25) is 0 Å². The largest absolute Gasteiger partial charge is 0.0961 e. The van der Waals surface area contributed by atoms with Crippen molar-refractivity contribution < 1.29 is 0 Å². The summed E-state index contributed by atoms with van der Waals surface area (Å²) in [4.78, 5) is 0. The van der Waals surface area contributed by atoms with E-state index in [-0.39, 0.29) is 0 Å². The van der Waals surface area contributed by atoms with Gasteiger partial charge in [0.1, 0.15) is 0 Å². The quantitative estimate of drug-likeness (QED) is 0.600. The number of hydrogen-bond donors (Lipinski definition) is 0. The molecule has 0 amide bonds. The van der Waals surface area contributed by atoms with Gasteiger partial charge in [0.15, 0.2) is 0 Å². The maximum Gasteiger partial charge on any atom is -0.00946 e. The smallest absolute Gasteiger partial charge is 0.00946 e. The van der Waals surface area contributed by atoms with E-state index in [9.17, 15) is 0 Å². The van der Waals surface area contributed by atoms with Crippen LogP contribution in [0.1, 0.15) is 75.6 Å². The predicted octanol–water partition coefficient (Wildman–Crippen LogP) is 5.72. The van der Waals surface area contributed by atoms with Crippen molar-refractivity contribution in [2.45, 2.75) is 64.2 Å². The van der Waals surface area contributed by atoms with Gasteiger partial charge in [0.05, 0.1) is 0 Å². The molecule has 2 aliphatic carbocycles. The highest BCUT2D eigenvalue weighted by atomic mass is 14.5. The van der Waals surface area contributed by atoms with Crippen molar-refractivity contribution in [1.82, 2.24) is 0 Å². The molecule has 0 bridgehead atoms. The van der Waals surface area contributed by atoms with Gasteiger partial charge in [0.25, 0.3) is 0 Å². The lowest BCUT2D eigenvalue weighted by Crippen LogP contribution is -2.19. The Morgan fingerprint density at radius 1 is 1.10 bits per heavy atom. The third kappa shape index (κ3) is 1.97. The summed E-state index contributed by atoms with van der Waals surface area (Å²) in [5.74, 6) is 0.782. The first-order chi connectivity index (χ1) is 9.21. The number of hydrogen-bond acceptors (Lipinski definition) is 0. The standard InChI is InChI=1S/C20H26/c1-13(2)7-8-14-9-16-18-15(11-19(16,3)4)12-20(5,6)17(18)10-14/h7-10,15H,1,11-12H2,2-6H3/b8-7+. The van der Waals surface area contributed by atoms with Crippen LogP contribution in [-0.2, 0) is 10.8 Å². The second-order valence-corrected chi connectivity index (χ2v) is 8.08. The molecule has 3 rings (SSSR count). The molecule has 0 saturated carbocycles. The van der Waals surface area contributed by atoms with E-state index in [0.717, 1.165) is 11.5 Å². The van der Waals surface area contributed by atoms with E-state index in [1.807, 2.05) is 6.92 Å². The average molecular weight is 266 g/mol. The number of allylic oxidation sites excluding steroid dienone is 2. The van der Waals surface area contributed by atoms with E-state index in [0.29, 0.717) is 10.8 Å². The van der Waals surface area contributed by atoms with E-state index >= 15 is 0 Å². The fourth-order valence-electron chi connectivity index (χ4n) is 4.30. The molecule has 0 N–H and O–H groups in total. The molecule has 1 aromatic carbocycles. The highest BCUT2D eigenvalue weighted by molar-refractivity contribution is 5.62. The van der Waals surface area contributed by atoms with Crippen LogP contribution >= 0.6 is 0 Å². The van der Waals surface area contributed by atoms with Crippen LogP contribution in [0.5, 0.6) is 0 Å². The molecule has 0 heterocycles. The maximum atomic E-state index is 3.96. The van der Waals surface area contributed by atoms with E-state index in [4.69, 9.17) is 0 Å². The van der Waals surface area contributed by atoms with E-state index in [1.54, 1.807) is 16.7 Å². The van der Waals surface area contributed by atoms with Gasteiger partial charge in [-0.05, 0) is 58.8 Å². The van der Waals surface area contributed by atoms with Crippen LogP contribution in [0.15, 0.2) is 30.4 Å². The van der Waals surface area contributed by atoms with Crippen LogP contribution in [0.2, 0.25) is 0 Å². The van der Waals surface area contributed by atoms with Crippen LogP contribution < -0.4 is 0 Å². The van der Waals surface area contributed by atoms with Gasteiger partial charge in [-0.25, -0.2) is 0 Å². The molecule has 0 spiro atoms. The third-order valence-electron chi connectivity index (χ3n) is 5.14. The van der Waals surface area contributed by atoms with Crippen molar-refractivity contribution in [2.75, 3.05) is 0 Å². The lowest BCUT2D eigenvalue weighted by atomic mass is 9.77. The topological polar surface area (TPSA) is 0 Å². The molecule has 106 valence electrons. The second kappa shape index (κ2) is 4.10. The summed E-state index contributed by atoms with van der Waals surface area (Å²) in [6.45, 7) is 15.6. The summed E-state index contributed by atoms with van der Waals surface area (Å²) in [5, 5.41) is 0. The molecule has 0 heteroatoms. The normalized spacial score (nSPS) is 22.4. The lowest BCUT2D eigenvalue weighted by Gasteiger charge is -2.27. The molecule has 0 saturated heterocycles. The minimum absolute atomic E-state index is 0.332. The Kier molecular flexibility index (Phi) is 2.80.